The molecular weight excluding hydrogens is 326 g/mol. The molecule has 0 saturated heterocycles. The monoisotopic (exact) mass is 341 g/mol. The summed E-state index contributed by atoms with van der Waals surface area (Å²) >= 11 is 3.57. The summed E-state index contributed by atoms with van der Waals surface area (Å²) in [6.45, 7) is 2.89. The van der Waals surface area contributed by atoms with Gasteiger partial charge >= 0.3 is 0 Å². The van der Waals surface area contributed by atoms with Gasteiger partial charge in [-0.2, -0.15) is 5.10 Å². The molecule has 2 N–H and O–H groups in total. The molecule has 3 rings (SSSR count). The molecule has 0 aliphatic rings. The molecule has 106 valence electrons. The van der Waals surface area contributed by atoms with E-state index in [2.05, 4.69) is 74.8 Å². The fourth-order valence-corrected chi connectivity index (χ4v) is 2.59. The lowest BCUT2D eigenvalue weighted by Gasteiger charge is -2.09. The summed E-state index contributed by atoms with van der Waals surface area (Å²) in [4.78, 5) is 0. The van der Waals surface area contributed by atoms with Crippen molar-refractivity contribution in [2.45, 2.75) is 13.5 Å². The van der Waals surface area contributed by atoms with Gasteiger partial charge in [-0.25, -0.2) is 0 Å². The number of benzene rings is 2. The quantitative estimate of drug-likeness (QED) is 0.718. The van der Waals surface area contributed by atoms with Crippen LogP contribution in [0.4, 0.5) is 5.69 Å². The first-order valence-corrected chi connectivity index (χ1v) is 7.60. The van der Waals surface area contributed by atoms with E-state index in [0.717, 1.165) is 28.0 Å². The highest BCUT2D eigenvalue weighted by atomic mass is 79.9. The number of hydrogen-bond acceptors (Lipinski definition) is 2. The average Bonchev–Trinajstić information content (AvgIpc) is 3.03. The van der Waals surface area contributed by atoms with Crippen molar-refractivity contribution in [2.24, 2.45) is 0 Å². The molecule has 0 spiro atoms. The van der Waals surface area contributed by atoms with Gasteiger partial charge in [-0.15, -0.1) is 0 Å². The van der Waals surface area contributed by atoms with Crippen LogP contribution in [0.1, 0.15) is 11.1 Å². The fourth-order valence-electron chi connectivity index (χ4n) is 2.16. The summed E-state index contributed by atoms with van der Waals surface area (Å²) in [7, 11) is 0. The van der Waals surface area contributed by atoms with Crippen molar-refractivity contribution in [3.05, 3.63) is 70.3 Å². The van der Waals surface area contributed by atoms with Crippen molar-refractivity contribution in [3.63, 3.8) is 0 Å². The maximum Gasteiger partial charge on any atom is 0.0650 e. The normalized spacial score (nSPS) is 10.6. The minimum Gasteiger partial charge on any atom is -0.381 e. The Balaban J connectivity index is 1.73. The van der Waals surface area contributed by atoms with Crippen LogP contribution in [0.5, 0.6) is 0 Å². The Kier molecular flexibility index (Phi) is 4.06. The third-order valence-electron chi connectivity index (χ3n) is 3.41. The summed E-state index contributed by atoms with van der Waals surface area (Å²) in [6.07, 6.45) is 1.76. The van der Waals surface area contributed by atoms with E-state index in [-0.39, 0.29) is 0 Å². The molecule has 0 amide bonds. The minimum atomic E-state index is 0.797. The van der Waals surface area contributed by atoms with Gasteiger partial charge in [0.25, 0.3) is 0 Å². The van der Waals surface area contributed by atoms with Crippen LogP contribution in [-0.2, 0) is 6.54 Å². The van der Waals surface area contributed by atoms with E-state index in [0.29, 0.717) is 0 Å². The van der Waals surface area contributed by atoms with Crippen LogP contribution in [0.3, 0.4) is 0 Å². The summed E-state index contributed by atoms with van der Waals surface area (Å²) in [5, 5.41) is 10.4. The van der Waals surface area contributed by atoms with Gasteiger partial charge in [0.1, 0.15) is 0 Å². The zero-order valence-electron chi connectivity index (χ0n) is 11.7. The van der Waals surface area contributed by atoms with Gasteiger partial charge in [0, 0.05) is 28.5 Å². The number of hydrogen-bond donors (Lipinski definition) is 2. The smallest absolute Gasteiger partial charge is 0.0650 e. The molecule has 0 fully saturated rings. The molecule has 0 aliphatic carbocycles. The van der Waals surface area contributed by atoms with Gasteiger partial charge in [0.05, 0.1) is 5.69 Å². The van der Waals surface area contributed by atoms with Crippen molar-refractivity contribution < 1.29 is 0 Å². The van der Waals surface area contributed by atoms with Gasteiger partial charge in [0.15, 0.2) is 0 Å². The number of H-pyrrole nitrogens is 1. The SMILES string of the molecule is Cc1ccc(CNc2cccc(-c3ccn[nH]3)c2)cc1Br. The molecule has 0 atom stereocenters. The van der Waals surface area contributed by atoms with Crippen LogP contribution >= 0.6 is 15.9 Å². The second-order valence-electron chi connectivity index (χ2n) is 4.99. The summed E-state index contributed by atoms with van der Waals surface area (Å²) in [6, 6.07) is 16.7. The molecule has 0 saturated carbocycles. The van der Waals surface area contributed by atoms with E-state index in [4.69, 9.17) is 0 Å². The third kappa shape index (κ3) is 3.34. The highest BCUT2D eigenvalue weighted by Crippen LogP contribution is 2.22. The Labute approximate surface area is 132 Å². The molecule has 21 heavy (non-hydrogen) atoms. The second-order valence-corrected chi connectivity index (χ2v) is 5.84. The van der Waals surface area contributed by atoms with Crippen LogP contribution in [0.2, 0.25) is 0 Å². The molecule has 1 heterocycles. The van der Waals surface area contributed by atoms with Gasteiger partial charge in [-0.3, -0.25) is 5.10 Å². The van der Waals surface area contributed by atoms with E-state index in [1.807, 2.05) is 12.1 Å². The Morgan fingerprint density at radius 3 is 2.81 bits per heavy atom. The average molecular weight is 342 g/mol. The second kappa shape index (κ2) is 6.14. The molecule has 0 bridgehead atoms. The van der Waals surface area contributed by atoms with Gasteiger partial charge in [-0.05, 0) is 42.3 Å². The number of aromatic nitrogens is 2. The van der Waals surface area contributed by atoms with E-state index >= 15 is 0 Å². The summed E-state index contributed by atoms with van der Waals surface area (Å²) in [5.41, 5.74) is 5.75. The molecule has 3 aromatic rings. The Morgan fingerprint density at radius 1 is 1.14 bits per heavy atom. The number of rotatable bonds is 4. The van der Waals surface area contributed by atoms with Crippen molar-refractivity contribution >= 4 is 21.6 Å². The summed E-state index contributed by atoms with van der Waals surface area (Å²) < 4.78 is 1.15. The molecular formula is C17H16BrN3. The number of nitrogens with one attached hydrogen (secondary N) is 2. The summed E-state index contributed by atoms with van der Waals surface area (Å²) in [5.74, 6) is 0. The topological polar surface area (TPSA) is 40.7 Å². The van der Waals surface area contributed by atoms with Crippen molar-refractivity contribution in [1.29, 1.82) is 0 Å². The fraction of sp³-hybridized carbons (Fsp3) is 0.118. The minimum absolute atomic E-state index is 0.797. The van der Waals surface area contributed by atoms with E-state index in [1.165, 1.54) is 11.1 Å². The lowest BCUT2D eigenvalue weighted by atomic mass is 10.1. The first-order valence-electron chi connectivity index (χ1n) is 6.81. The maximum atomic E-state index is 3.99. The lowest BCUT2D eigenvalue weighted by molar-refractivity contribution is 1.09. The number of anilines is 1. The Bertz CT molecular complexity index is 736. The van der Waals surface area contributed by atoms with Crippen LogP contribution in [0, 0.1) is 6.92 Å². The predicted molar refractivity (Wildman–Crippen MR) is 90.2 cm³/mol. The number of nitrogens with zero attached hydrogens (tertiary/aromatic N) is 1. The first kappa shape index (κ1) is 13.9. The lowest BCUT2D eigenvalue weighted by Crippen LogP contribution is -1.99. The Hall–Kier alpha value is -2.07. The first-order chi connectivity index (χ1) is 10.2. The van der Waals surface area contributed by atoms with E-state index in [1.54, 1.807) is 6.20 Å². The highest BCUT2D eigenvalue weighted by Gasteiger charge is 2.01. The van der Waals surface area contributed by atoms with Gasteiger partial charge < -0.3 is 5.32 Å². The van der Waals surface area contributed by atoms with Crippen LogP contribution in [-0.4, -0.2) is 10.2 Å². The molecule has 3 nitrogen and oxygen atoms in total. The number of aryl methyl sites for hydroxylation is 1. The van der Waals surface area contributed by atoms with Gasteiger partial charge in [0.2, 0.25) is 0 Å². The molecule has 1 aromatic heterocycles. The standard InChI is InChI=1S/C17H16BrN3/c1-12-5-6-13(9-16(12)18)11-19-15-4-2-3-14(10-15)17-7-8-20-21-17/h2-10,19H,11H2,1H3,(H,20,21). The van der Waals surface area contributed by atoms with Crippen molar-refractivity contribution in [3.8, 4) is 11.3 Å². The van der Waals surface area contributed by atoms with Crippen LogP contribution in [0.25, 0.3) is 11.3 Å². The van der Waals surface area contributed by atoms with Gasteiger partial charge in [-0.1, -0.05) is 40.2 Å². The van der Waals surface area contributed by atoms with E-state index < -0.39 is 0 Å². The molecule has 2 aromatic carbocycles. The van der Waals surface area contributed by atoms with Crippen LogP contribution in [0.15, 0.2) is 59.2 Å². The zero-order chi connectivity index (χ0) is 14.7. The molecule has 4 heteroatoms. The highest BCUT2D eigenvalue weighted by molar-refractivity contribution is 9.10. The predicted octanol–water partition coefficient (Wildman–Crippen LogP) is 4.76. The number of aromatic amines is 1. The van der Waals surface area contributed by atoms with E-state index in [9.17, 15) is 0 Å². The van der Waals surface area contributed by atoms with Crippen molar-refractivity contribution in [2.75, 3.05) is 5.32 Å². The largest absolute Gasteiger partial charge is 0.381 e. The molecule has 0 radical (unpaired) electrons. The molecule has 0 aliphatic heterocycles. The Morgan fingerprint density at radius 2 is 2.05 bits per heavy atom. The van der Waals surface area contributed by atoms with Crippen LogP contribution < -0.4 is 5.32 Å². The van der Waals surface area contributed by atoms with Crippen molar-refractivity contribution in [1.82, 2.24) is 10.2 Å². The third-order valence-corrected chi connectivity index (χ3v) is 4.26. The zero-order valence-corrected chi connectivity index (χ0v) is 13.3. The molecule has 0 unspecified atom stereocenters. The number of halogens is 1. The maximum absolute atomic E-state index is 3.99.